The zero-order chi connectivity index (χ0) is 10.2. The van der Waals surface area contributed by atoms with Gasteiger partial charge in [0.2, 0.25) is 0 Å². The van der Waals surface area contributed by atoms with Crippen molar-refractivity contribution in [3.05, 3.63) is 35.6 Å². The summed E-state index contributed by atoms with van der Waals surface area (Å²) < 4.78 is 26.6. The Morgan fingerprint density at radius 1 is 1.36 bits per heavy atom. The standard InChI is InChI=1S/C11H13F2N/c1-11(13)6-7-14-10(11)8-2-4-9(12)5-3-8/h2-5,10,14H,6-7H2,1H3. The van der Waals surface area contributed by atoms with Gasteiger partial charge in [0.05, 0.1) is 6.04 Å². The Morgan fingerprint density at radius 3 is 2.50 bits per heavy atom. The van der Waals surface area contributed by atoms with Gasteiger partial charge in [-0.3, -0.25) is 0 Å². The molecule has 2 atom stereocenters. The summed E-state index contributed by atoms with van der Waals surface area (Å²) in [7, 11) is 0. The molecule has 0 aliphatic carbocycles. The number of halogens is 2. The van der Waals surface area contributed by atoms with E-state index in [9.17, 15) is 8.78 Å². The monoisotopic (exact) mass is 197 g/mol. The molecule has 0 radical (unpaired) electrons. The lowest BCUT2D eigenvalue weighted by Gasteiger charge is -2.22. The van der Waals surface area contributed by atoms with Crippen LogP contribution in [0.25, 0.3) is 0 Å². The third kappa shape index (κ3) is 1.64. The van der Waals surface area contributed by atoms with E-state index in [0.29, 0.717) is 13.0 Å². The predicted molar refractivity (Wildman–Crippen MR) is 51.3 cm³/mol. The van der Waals surface area contributed by atoms with E-state index in [-0.39, 0.29) is 11.9 Å². The summed E-state index contributed by atoms with van der Waals surface area (Å²) in [6.07, 6.45) is 0.509. The summed E-state index contributed by atoms with van der Waals surface area (Å²) in [6.45, 7) is 2.26. The van der Waals surface area contributed by atoms with E-state index in [4.69, 9.17) is 0 Å². The third-order valence-electron chi connectivity index (χ3n) is 2.77. The van der Waals surface area contributed by atoms with E-state index in [1.165, 1.54) is 12.1 Å². The minimum absolute atomic E-state index is 0.285. The minimum atomic E-state index is -1.22. The van der Waals surface area contributed by atoms with Gasteiger partial charge in [0.1, 0.15) is 11.5 Å². The highest BCUT2D eigenvalue weighted by atomic mass is 19.1. The lowest BCUT2D eigenvalue weighted by molar-refractivity contribution is 0.168. The van der Waals surface area contributed by atoms with Crippen molar-refractivity contribution in [2.45, 2.75) is 25.1 Å². The van der Waals surface area contributed by atoms with Crippen molar-refractivity contribution in [3.63, 3.8) is 0 Å². The zero-order valence-corrected chi connectivity index (χ0v) is 8.06. The first kappa shape index (κ1) is 9.59. The molecule has 3 heteroatoms. The number of rotatable bonds is 1. The van der Waals surface area contributed by atoms with Crippen LogP contribution >= 0.6 is 0 Å². The van der Waals surface area contributed by atoms with E-state index < -0.39 is 5.67 Å². The van der Waals surface area contributed by atoms with Gasteiger partial charge >= 0.3 is 0 Å². The Morgan fingerprint density at radius 2 is 2.00 bits per heavy atom. The van der Waals surface area contributed by atoms with Gasteiger partial charge < -0.3 is 5.32 Å². The van der Waals surface area contributed by atoms with Crippen LogP contribution in [-0.4, -0.2) is 12.2 Å². The Hall–Kier alpha value is -0.960. The Labute approximate surface area is 82.1 Å². The van der Waals surface area contributed by atoms with Gasteiger partial charge in [0, 0.05) is 0 Å². The second-order valence-electron chi connectivity index (χ2n) is 3.97. The molecule has 0 spiro atoms. The summed E-state index contributed by atoms with van der Waals surface area (Å²) in [4.78, 5) is 0. The molecule has 1 aromatic carbocycles. The molecule has 1 heterocycles. The van der Waals surface area contributed by atoms with Crippen LogP contribution in [0.1, 0.15) is 24.9 Å². The summed E-state index contributed by atoms with van der Waals surface area (Å²) >= 11 is 0. The van der Waals surface area contributed by atoms with Gasteiger partial charge in [0.25, 0.3) is 0 Å². The van der Waals surface area contributed by atoms with Gasteiger partial charge in [-0.05, 0) is 37.6 Å². The molecular formula is C11H13F2N. The van der Waals surface area contributed by atoms with Crippen LogP contribution in [0.4, 0.5) is 8.78 Å². The summed E-state index contributed by atoms with van der Waals surface area (Å²) in [5.74, 6) is -0.285. The molecule has 0 saturated carbocycles. The van der Waals surface area contributed by atoms with Gasteiger partial charge in [0.15, 0.2) is 0 Å². The predicted octanol–water partition coefficient (Wildman–Crippen LogP) is 2.59. The fourth-order valence-corrected chi connectivity index (χ4v) is 1.94. The van der Waals surface area contributed by atoms with Crippen LogP contribution in [-0.2, 0) is 0 Å². The molecule has 1 fully saturated rings. The molecule has 1 N–H and O–H groups in total. The Kier molecular flexibility index (Phi) is 2.27. The lowest BCUT2D eigenvalue weighted by atomic mass is 9.93. The average Bonchev–Trinajstić information content (AvgIpc) is 2.47. The Balaban J connectivity index is 2.27. The van der Waals surface area contributed by atoms with Crippen LogP contribution in [0.3, 0.4) is 0 Å². The van der Waals surface area contributed by atoms with Crippen molar-refractivity contribution < 1.29 is 8.78 Å². The van der Waals surface area contributed by atoms with E-state index in [1.807, 2.05) is 0 Å². The van der Waals surface area contributed by atoms with Crippen molar-refractivity contribution in [2.75, 3.05) is 6.54 Å². The molecule has 1 aliphatic rings. The SMILES string of the molecule is CC1(F)CCNC1c1ccc(F)cc1. The van der Waals surface area contributed by atoms with Crippen molar-refractivity contribution >= 4 is 0 Å². The molecule has 1 nitrogen and oxygen atoms in total. The fourth-order valence-electron chi connectivity index (χ4n) is 1.94. The number of alkyl halides is 1. The third-order valence-corrected chi connectivity index (χ3v) is 2.77. The van der Waals surface area contributed by atoms with Crippen LogP contribution in [0.15, 0.2) is 24.3 Å². The van der Waals surface area contributed by atoms with E-state index in [1.54, 1.807) is 19.1 Å². The molecule has 1 saturated heterocycles. The topological polar surface area (TPSA) is 12.0 Å². The second-order valence-corrected chi connectivity index (χ2v) is 3.97. The fraction of sp³-hybridized carbons (Fsp3) is 0.455. The van der Waals surface area contributed by atoms with Crippen molar-refractivity contribution in [3.8, 4) is 0 Å². The smallest absolute Gasteiger partial charge is 0.128 e. The molecule has 2 unspecified atom stereocenters. The van der Waals surface area contributed by atoms with Crippen molar-refractivity contribution in [1.29, 1.82) is 0 Å². The molecule has 2 rings (SSSR count). The summed E-state index contributed by atoms with van der Waals surface area (Å²) in [6, 6.07) is 5.70. The second kappa shape index (κ2) is 3.31. The highest BCUT2D eigenvalue weighted by Crippen LogP contribution is 2.36. The van der Waals surface area contributed by atoms with Crippen molar-refractivity contribution in [1.82, 2.24) is 5.32 Å². The molecule has 1 aliphatic heterocycles. The Bertz CT molecular complexity index is 319. The maximum absolute atomic E-state index is 13.9. The first-order chi connectivity index (χ1) is 6.59. The van der Waals surface area contributed by atoms with Gasteiger partial charge in [-0.15, -0.1) is 0 Å². The van der Waals surface area contributed by atoms with E-state index in [2.05, 4.69) is 5.32 Å². The molecule has 1 aromatic rings. The lowest BCUT2D eigenvalue weighted by Crippen LogP contribution is -2.27. The molecule has 76 valence electrons. The molecule has 0 bridgehead atoms. The number of nitrogens with one attached hydrogen (secondary N) is 1. The molecular weight excluding hydrogens is 184 g/mol. The van der Waals surface area contributed by atoms with Gasteiger partial charge in [-0.2, -0.15) is 0 Å². The molecule has 14 heavy (non-hydrogen) atoms. The zero-order valence-electron chi connectivity index (χ0n) is 8.06. The number of hydrogen-bond donors (Lipinski definition) is 1. The van der Waals surface area contributed by atoms with E-state index in [0.717, 1.165) is 5.56 Å². The minimum Gasteiger partial charge on any atom is -0.307 e. The number of hydrogen-bond acceptors (Lipinski definition) is 1. The highest BCUT2D eigenvalue weighted by Gasteiger charge is 2.39. The maximum atomic E-state index is 13.9. The quantitative estimate of drug-likeness (QED) is 0.729. The molecule has 0 amide bonds. The normalized spacial score (nSPS) is 32.1. The molecule has 0 aromatic heterocycles. The van der Waals surface area contributed by atoms with Crippen LogP contribution in [0.5, 0.6) is 0 Å². The first-order valence-corrected chi connectivity index (χ1v) is 4.77. The maximum Gasteiger partial charge on any atom is 0.128 e. The van der Waals surface area contributed by atoms with Crippen LogP contribution in [0.2, 0.25) is 0 Å². The average molecular weight is 197 g/mol. The van der Waals surface area contributed by atoms with Crippen LogP contribution < -0.4 is 5.32 Å². The van der Waals surface area contributed by atoms with E-state index >= 15 is 0 Å². The first-order valence-electron chi connectivity index (χ1n) is 4.77. The highest BCUT2D eigenvalue weighted by molar-refractivity contribution is 5.24. The van der Waals surface area contributed by atoms with Crippen LogP contribution in [0, 0.1) is 5.82 Å². The largest absolute Gasteiger partial charge is 0.307 e. The summed E-state index contributed by atoms with van der Waals surface area (Å²) in [5, 5.41) is 3.09. The van der Waals surface area contributed by atoms with Gasteiger partial charge in [-0.25, -0.2) is 8.78 Å². The van der Waals surface area contributed by atoms with Gasteiger partial charge in [-0.1, -0.05) is 12.1 Å². The van der Waals surface area contributed by atoms with Crippen molar-refractivity contribution in [2.24, 2.45) is 0 Å². The summed E-state index contributed by atoms with van der Waals surface area (Å²) in [5.41, 5.74) is -0.411. The number of benzene rings is 1.